The van der Waals surface area contributed by atoms with Gasteiger partial charge in [0, 0.05) is 0 Å². The van der Waals surface area contributed by atoms with Crippen LogP contribution in [0.15, 0.2) is 12.2 Å². The fourth-order valence-electron chi connectivity index (χ4n) is 1.05. The van der Waals surface area contributed by atoms with Gasteiger partial charge in [-0.15, -0.1) is 0 Å². The largest absolute Gasteiger partial charge is 0.545 e. The molecule has 2 nitrogen and oxygen atoms in total. The normalized spacial score (nSPS) is 11.2. The SMILES string of the molecule is C=C(C(=O)[O-])C(C)(C)CCC. The van der Waals surface area contributed by atoms with Crippen LogP contribution in [0.25, 0.3) is 0 Å². The molecule has 0 aromatic carbocycles. The minimum Gasteiger partial charge on any atom is -0.545 e. The quantitative estimate of drug-likeness (QED) is 0.571. The second kappa shape index (κ2) is 3.56. The van der Waals surface area contributed by atoms with Crippen LogP contribution in [0.4, 0.5) is 0 Å². The van der Waals surface area contributed by atoms with Gasteiger partial charge in [-0.05, 0) is 17.4 Å². The highest BCUT2D eigenvalue weighted by Gasteiger charge is 2.20. The van der Waals surface area contributed by atoms with Crippen molar-refractivity contribution in [1.29, 1.82) is 0 Å². The Bertz CT molecular complexity index is 168. The average molecular weight is 155 g/mol. The number of carbonyl (C=O) groups is 1. The molecule has 64 valence electrons. The molecule has 0 saturated carbocycles. The predicted molar refractivity (Wildman–Crippen MR) is 42.8 cm³/mol. The van der Waals surface area contributed by atoms with Crippen LogP contribution in [0.3, 0.4) is 0 Å². The molecule has 11 heavy (non-hydrogen) atoms. The van der Waals surface area contributed by atoms with Gasteiger partial charge in [0.25, 0.3) is 0 Å². The lowest BCUT2D eigenvalue weighted by atomic mass is 9.81. The van der Waals surface area contributed by atoms with Gasteiger partial charge in [-0.1, -0.05) is 33.8 Å². The molecule has 0 N–H and O–H groups in total. The molecule has 2 heteroatoms. The molecule has 0 aromatic rings. The maximum absolute atomic E-state index is 10.4. The smallest absolute Gasteiger partial charge is 0.0674 e. The molecule has 0 unspecified atom stereocenters. The van der Waals surface area contributed by atoms with Crippen molar-refractivity contribution in [2.24, 2.45) is 5.41 Å². The van der Waals surface area contributed by atoms with Crippen molar-refractivity contribution in [3.8, 4) is 0 Å². The topological polar surface area (TPSA) is 40.1 Å². The predicted octanol–water partition coefficient (Wildman–Crippen LogP) is 1.12. The van der Waals surface area contributed by atoms with Crippen LogP contribution in [-0.4, -0.2) is 5.97 Å². The first-order valence-electron chi connectivity index (χ1n) is 3.82. The highest BCUT2D eigenvalue weighted by atomic mass is 16.4. The summed E-state index contributed by atoms with van der Waals surface area (Å²) in [5.74, 6) is -1.14. The third-order valence-corrected chi connectivity index (χ3v) is 1.94. The maximum Gasteiger partial charge on any atom is 0.0674 e. The molecular formula is C9H15O2-. The lowest BCUT2D eigenvalue weighted by molar-refractivity contribution is -0.300. The van der Waals surface area contributed by atoms with Crippen molar-refractivity contribution in [1.82, 2.24) is 0 Å². The average Bonchev–Trinajstić information content (AvgIpc) is 1.86. The van der Waals surface area contributed by atoms with Gasteiger partial charge < -0.3 is 9.90 Å². The Balaban J connectivity index is 4.29. The van der Waals surface area contributed by atoms with E-state index in [4.69, 9.17) is 0 Å². The van der Waals surface area contributed by atoms with Gasteiger partial charge >= 0.3 is 0 Å². The summed E-state index contributed by atoms with van der Waals surface area (Å²) in [7, 11) is 0. The van der Waals surface area contributed by atoms with E-state index in [1.807, 2.05) is 20.8 Å². The first kappa shape index (κ1) is 10.2. The van der Waals surface area contributed by atoms with E-state index in [9.17, 15) is 9.90 Å². The summed E-state index contributed by atoms with van der Waals surface area (Å²) in [6.45, 7) is 9.24. The molecule has 0 fully saturated rings. The molecule has 0 bridgehead atoms. The van der Waals surface area contributed by atoms with E-state index in [0.717, 1.165) is 12.8 Å². The maximum atomic E-state index is 10.4. The van der Waals surface area contributed by atoms with Crippen LogP contribution >= 0.6 is 0 Å². The summed E-state index contributed by atoms with van der Waals surface area (Å²) in [5.41, 5.74) is -0.132. The molecule has 0 heterocycles. The summed E-state index contributed by atoms with van der Waals surface area (Å²) in [6, 6.07) is 0. The molecular weight excluding hydrogens is 140 g/mol. The highest BCUT2D eigenvalue weighted by molar-refractivity contribution is 5.85. The molecule has 0 amide bonds. The molecule has 0 radical (unpaired) electrons. The van der Waals surface area contributed by atoms with Crippen LogP contribution < -0.4 is 5.11 Å². The van der Waals surface area contributed by atoms with Gasteiger partial charge in [0.15, 0.2) is 0 Å². The van der Waals surface area contributed by atoms with Gasteiger partial charge in [0.2, 0.25) is 0 Å². The van der Waals surface area contributed by atoms with Crippen LogP contribution in [0.5, 0.6) is 0 Å². The van der Waals surface area contributed by atoms with E-state index in [1.165, 1.54) is 0 Å². The van der Waals surface area contributed by atoms with Crippen molar-refractivity contribution in [2.45, 2.75) is 33.6 Å². The van der Waals surface area contributed by atoms with Gasteiger partial charge in [0.1, 0.15) is 0 Å². The number of carboxylic acids is 1. The second-order valence-corrected chi connectivity index (χ2v) is 3.40. The Morgan fingerprint density at radius 1 is 1.55 bits per heavy atom. The number of carbonyl (C=O) groups excluding carboxylic acids is 1. The Kier molecular flexibility index (Phi) is 3.30. The molecule has 0 aliphatic rings. The second-order valence-electron chi connectivity index (χ2n) is 3.40. The third kappa shape index (κ3) is 2.74. The summed E-state index contributed by atoms with van der Waals surface area (Å²) in [5, 5.41) is 10.4. The van der Waals surface area contributed by atoms with Gasteiger partial charge in [0.05, 0.1) is 5.97 Å². The number of hydrogen-bond acceptors (Lipinski definition) is 2. The Labute approximate surface area is 67.9 Å². The highest BCUT2D eigenvalue weighted by Crippen LogP contribution is 2.29. The lowest BCUT2D eigenvalue weighted by Gasteiger charge is -2.27. The molecule has 0 spiro atoms. The van der Waals surface area contributed by atoms with E-state index in [2.05, 4.69) is 6.58 Å². The Morgan fingerprint density at radius 2 is 2.00 bits per heavy atom. The first-order valence-corrected chi connectivity index (χ1v) is 3.82. The summed E-state index contributed by atoms with van der Waals surface area (Å²) in [6.07, 6.45) is 1.79. The van der Waals surface area contributed by atoms with E-state index in [-0.39, 0.29) is 11.0 Å². The van der Waals surface area contributed by atoms with E-state index >= 15 is 0 Å². The monoisotopic (exact) mass is 155 g/mol. The number of rotatable bonds is 4. The molecule has 0 saturated heterocycles. The first-order chi connectivity index (χ1) is 4.91. The van der Waals surface area contributed by atoms with Gasteiger partial charge in [-0.2, -0.15) is 0 Å². The summed E-state index contributed by atoms with van der Waals surface area (Å²) < 4.78 is 0. The van der Waals surface area contributed by atoms with Crippen molar-refractivity contribution in [2.75, 3.05) is 0 Å². The van der Waals surface area contributed by atoms with Crippen molar-refractivity contribution < 1.29 is 9.90 Å². The van der Waals surface area contributed by atoms with Crippen molar-refractivity contribution in [3.05, 3.63) is 12.2 Å². The van der Waals surface area contributed by atoms with Gasteiger partial charge in [-0.3, -0.25) is 0 Å². The zero-order valence-electron chi connectivity index (χ0n) is 7.44. The summed E-state index contributed by atoms with van der Waals surface area (Å²) in [4.78, 5) is 10.4. The van der Waals surface area contributed by atoms with Crippen LogP contribution in [-0.2, 0) is 4.79 Å². The molecule has 0 atom stereocenters. The fourth-order valence-corrected chi connectivity index (χ4v) is 1.05. The van der Waals surface area contributed by atoms with E-state index in [0.29, 0.717) is 0 Å². The van der Waals surface area contributed by atoms with E-state index in [1.54, 1.807) is 0 Å². The van der Waals surface area contributed by atoms with Crippen molar-refractivity contribution >= 4 is 5.97 Å². The van der Waals surface area contributed by atoms with Crippen LogP contribution in [0.1, 0.15) is 33.6 Å². The summed E-state index contributed by atoms with van der Waals surface area (Å²) >= 11 is 0. The molecule has 0 aliphatic carbocycles. The number of hydrogen-bond donors (Lipinski definition) is 0. The molecule has 0 rings (SSSR count). The number of carboxylic acid groups (broad SMARTS) is 1. The Hall–Kier alpha value is -0.790. The van der Waals surface area contributed by atoms with Crippen LogP contribution in [0.2, 0.25) is 0 Å². The molecule has 0 aromatic heterocycles. The lowest BCUT2D eigenvalue weighted by Crippen LogP contribution is -2.31. The Morgan fingerprint density at radius 3 is 2.27 bits per heavy atom. The van der Waals surface area contributed by atoms with Crippen molar-refractivity contribution in [3.63, 3.8) is 0 Å². The molecule has 0 aliphatic heterocycles. The fraction of sp³-hybridized carbons (Fsp3) is 0.667. The number of aliphatic carboxylic acids is 1. The minimum absolute atomic E-state index is 0.194. The van der Waals surface area contributed by atoms with Crippen LogP contribution in [0, 0.1) is 5.41 Å². The third-order valence-electron chi connectivity index (χ3n) is 1.94. The van der Waals surface area contributed by atoms with Gasteiger partial charge in [-0.25, -0.2) is 0 Å². The minimum atomic E-state index is -1.14. The zero-order chi connectivity index (χ0) is 9.07. The zero-order valence-corrected chi connectivity index (χ0v) is 7.44. The van der Waals surface area contributed by atoms with E-state index < -0.39 is 5.97 Å². The standard InChI is InChI=1S/C9H16O2/c1-5-6-9(3,4)7(2)8(10)11/h2,5-6H2,1,3-4H3,(H,10,11)/p-1.